The Morgan fingerprint density at radius 1 is 1.22 bits per heavy atom. The monoisotopic (exact) mass is 316 g/mol. The van der Waals surface area contributed by atoms with E-state index < -0.39 is 6.04 Å². The van der Waals surface area contributed by atoms with Crippen molar-refractivity contribution in [1.29, 1.82) is 0 Å². The van der Waals surface area contributed by atoms with Gasteiger partial charge >= 0.3 is 0 Å². The molecule has 1 aromatic rings. The number of piperazine rings is 1. The lowest BCUT2D eigenvalue weighted by Crippen LogP contribution is -2.55. The highest BCUT2D eigenvalue weighted by Crippen LogP contribution is 2.26. The number of hydrogen-bond donors (Lipinski definition) is 1. The summed E-state index contributed by atoms with van der Waals surface area (Å²) in [5, 5.41) is 2.87. The molecule has 2 heterocycles. The molecule has 2 amide bonds. The number of carbonyl (C=O) groups excluding carboxylic acids is 2. The molecule has 1 N–H and O–H groups in total. The summed E-state index contributed by atoms with van der Waals surface area (Å²) in [5.41, 5.74) is 0. The molecule has 1 atom stereocenters. The molecular weight excluding hydrogens is 292 g/mol. The number of pyridine rings is 1. The van der Waals surface area contributed by atoms with E-state index in [2.05, 4.69) is 15.2 Å². The fourth-order valence-corrected chi connectivity index (χ4v) is 3.03. The quantitative estimate of drug-likeness (QED) is 0.901. The first-order valence-electron chi connectivity index (χ1n) is 8.40. The fraction of sp³-hybridized carbons (Fsp3) is 0.588. The Balaban J connectivity index is 1.48. The van der Waals surface area contributed by atoms with Gasteiger partial charge in [0.1, 0.15) is 11.9 Å². The molecule has 124 valence electrons. The first-order chi connectivity index (χ1) is 11.1. The predicted octanol–water partition coefficient (Wildman–Crippen LogP) is 1.03. The van der Waals surface area contributed by atoms with Gasteiger partial charge in [0, 0.05) is 38.3 Å². The molecule has 23 heavy (non-hydrogen) atoms. The first-order valence-corrected chi connectivity index (χ1v) is 8.40. The third-order valence-electron chi connectivity index (χ3n) is 4.77. The highest BCUT2D eigenvalue weighted by atomic mass is 16.2. The summed E-state index contributed by atoms with van der Waals surface area (Å²) in [7, 11) is 0. The van der Waals surface area contributed by atoms with Gasteiger partial charge in [-0.1, -0.05) is 12.5 Å². The minimum absolute atomic E-state index is 0.0124. The smallest absolute Gasteiger partial charge is 0.244 e. The van der Waals surface area contributed by atoms with E-state index in [9.17, 15) is 9.59 Å². The average molecular weight is 316 g/mol. The zero-order valence-corrected chi connectivity index (χ0v) is 13.6. The second-order valence-corrected chi connectivity index (χ2v) is 6.36. The van der Waals surface area contributed by atoms with Crippen molar-refractivity contribution in [2.24, 2.45) is 5.92 Å². The molecule has 0 aromatic carbocycles. The summed E-state index contributed by atoms with van der Waals surface area (Å²) in [6, 6.07) is 5.41. The molecule has 0 spiro atoms. The molecule has 2 fully saturated rings. The summed E-state index contributed by atoms with van der Waals surface area (Å²) >= 11 is 0. The van der Waals surface area contributed by atoms with Gasteiger partial charge in [0.25, 0.3) is 0 Å². The lowest BCUT2D eigenvalue weighted by Gasteiger charge is -2.37. The maximum Gasteiger partial charge on any atom is 0.244 e. The van der Waals surface area contributed by atoms with Crippen molar-refractivity contribution in [2.75, 3.05) is 31.1 Å². The molecule has 0 bridgehead atoms. The number of rotatable bonds is 4. The molecular formula is C17H24N4O2. The number of hydrogen-bond acceptors (Lipinski definition) is 4. The second kappa shape index (κ2) is 6.98. The molecule has 1 aliphatic heterocycles. The SMILES string of the molecule is C[C@@H](NC(=O)C1CCC1)C(=O)N1CCN(c2ccccn2)CC1. The normalized spacial score (nSPS) is 19.9. The number of anilines is 1. The van der Waals surface area contributed by atoms with E-state index in [1.165, 1.54) is 0 Å². The van der Waals surface area contributed by atoms with Gasteiger partial charge in [0.05, 0.1) is 0 Å². The Morgan fingerprint density at radius 3 is 2.52 bits per heavy atom. The third-order valence-corrected chi connectivity index (χ3v) is 4.77. The van der Waals surface area contributed by atoms with Crippen LogP contribution in [0, 0.1) is 5.92 Å². The molecule has 1 aromatic heterocycles. The Kier molecular flexibility index (Phi) is 4.79. The van der Waals surface area contributed by atoms with Crippen LogP contribution in [-0.4, -0.2) is 53.9 Å². The lowest BCUT2D eigenvalue weighted by atomic mass is 9.84. The molecule has 6 heteroatoms. The number of amides is 2. The lowest BCUT2D eigenvalue weighted by molar-refractivity contribution is -0.138. The minimum Gasteiger partial charge on any atom is -0.353 e. The van der Waals surface area contributed by atoms with Crippen LogP contribution in [0.15, 0.2) is 24.4 Å². The van der Waals surface area contributed by atoms with Crippen molar-refractivity contribution in [1.82, 2.24) is 15.2 Å². The Hall–Kier alpha value is -2.11. The number of nitrogens with zero attached hydrogens (tertiary/aromatic N) is 3. The van der Waals surface area contributed by atoms with Crippen LogP contribution in [0.1, 0.15) is 26.2 Å². The molecule has 6 nitrogen and oxygen atoms in total. The van der Waals surface area contributed by atoms with Gasteiger partial charge in [0.2, 0.25) is 11.8 Å². The molecule has 0 unspecified atom stereocenters. The standard InChI is InChI=1S/C17H24N4O2/c1-13(19-16(22)14-5-4-6-14)17(23)21-11-9-20(10-12-21)15-7-2-3-8-18-15/h2-3,7-8,13-14H,4-6,9-12H2,1H3,(H,19,22)/t13-/m1/s1. The Morgan fingerprint density at radius 2 is 1.96 bits per heavy atom. The zero-order chi connectivity index (χ0) is 16.2. The minimum atomic E-state index is -0.440. The van der Waals surface area contributed by atoms with Gasteiger partial charge in [-0.2, -0.15) is 0 Å². The van der Waals surface area contributed by atoms with Gasteiger partial charge in [-0.05, 0) is 31.9 Å². The Labute approximate surface area is 136 Å². The third kappa shape index (κ3) is 3.63. The van der Waals surface area contributed by atoms with E-state index in [0.717, 1.165) is 38.2 Å². The van der Waals surface area contributed by atoms with Crippen LogP contribution >= 0.6 is 0 Å². The van der Waals surface area contributed by atoms with E-state index in [1.54, 1.807) is 13.1 Å². The van der Waals surface area contributed by atoms with E-state index >= 15 is 0 Å². The summed E-state index contributed by atoms with van der Waals surface area (Å²) < 4.78 is 0. The summed E-state index contributed by atoms with van der Waals surface area (Å²) in [5.74, 6) is 1.11. The fourth-order valence-electron chi connectivity index (χ4n) is 3.03. The molecule has 1 saturated carbocycles. The van der Waals surface area contributed by atoms with E-state index in [0.29, 0.717) is 13.1 Å². The van der Waals surface area contributed by atoms with Crippen molar-refractivity contribution in [2.45, 2.75) is 32.2 Å². The van der Waals surface area contributed by atoms with Crippen LogP contribution in [-0.2, 0) is 9.59 Å². The van der Waals surface area contributed by atoms with Gasteiger partial charge in [-0.25, -0.2) is 4.98 Å². The van der Waals surface area contributed by atoms with Gasteiger partial charge in [-0.3, -0.25) is 9.59 Å². The van der Waals surface area contributed by atoms with E-state index in [-0.39, 0.29) is 17.7 Å². The van der Waals surface area contributed by atoms with Gasteiger partial charge < -0.3 is 15.1 Å². The number of nitrogens with one attached hydrogen (secondary N) is 1. The number of carbonyl (C=O) groups is 2. The highest BCUT2D eigenvalue weighted by Gasteiger charge is 2.30. The van der Waals surface area contributed by atoms with Crippen LogP contribution in [0.2, 0.25) is 0 Å². The molecule has 2 aliphatic rings. The van der Waals surface area contributed by atoms with E-state index in [4.69, 9.17) is 0 Å². The summed E-state index contributed by atoms with van der Waals surface area (Å²) in [6.45, 7) is 4.65. The van der Waals surface area contributed by atoms with Crippen molar-refractivity contribution in [3.63, 3.8) is 0 Å². The molecule has 3 rings (SSSR count). The van der Waals surface area contributed by atoms with Crippen LogP contribution in [0.5, 0.6) is 0 Å². The zero-order valence-electron chi connectivity index (χ0n) is 13.6. The van der Waals surface area contributed by atoms with Crippen LogP contribution in [0.25, 0.3) is 0 Å². The van der Waals surface area contributed by atoms with Crippen molar-refractivity contribution in [3.05, 3.63) is 24.4 Å². The first kappa shape index (κ1) is 15.8. The molecule has 1 aliphatic carbocycles. The van der Waals surface area contributed by atoms with Crippen molar-refractivity contribution >= 4 is 17.6 Å². The van der Waals surface area contributed by atoms with Gasteiger partial charge in [-0.15, -0.1) is 0 Å². The van der Waals surface area contributed by atoms with Crippen LogP contribution in [0.3, 0.4) is 0 Å². The van der Waals surface area contributed by atoms with Gasteiger partial charge in [0.15, 0.2) is 0 Å². The van der Waals surface area contributed by atoms with Crippen LogP contribution < -0.4 is 10.2 Å². The largest absolute Gasteiger partial charge is 0.353 e. The van der Waals surface area contributed by atoms with E-state index in [1.807, 2.05) is 23.1 Å². The average Bonchev–Trinajstić information content (AvgIpc) is 2.53. The number of aromatic nitrogens is 1. The summed E-state index contributed by atoms with van der Waals surface area (Å²) in [4.78, 5) is 32.8. The van der Waals surface area contributed by atoms with Crippen LogP contribution in [0.4, 0.5) is 5.82 Å². The maximum absolute atomic E-state index is 12.5. The Bertz CT molecular complexity index is 551. The maximum atomic E-state index is 12.5. The topological polar surface area (TPSA) is 65.5 Å². The molecule has 1 saturated heterocycles. The summed E-state index contributed by atoms with van der Waals surface area (Å²) in [6.07, 6.45) is 4.81. The molecule has 0 radical (unpaired) electrons. The van der Waals surface area contributed by atoms with Crippen molar-refractivity contribution in [3.8, 4) is 0 Å². The predicted molar refractivity (Wildman–Crippen MR) is 88.0 cm³/mol. The highest BCUT2D eigenvalue weighted by molar-refractivity contribution is 5.88. The van der Waals surface area contributed by atoms with Crippen molar-refractivity contribution < 1.29 is 9.59 Å². The second-order valence-electron chi connectivity index (χ2n) is 6.36.